The van der Waals surface area contributed by atoms with Gasteiger partial charge in [-0.15, -0.1) is 0 Å². The van der Waals surface area contributed by atoms with E-state index < -0.39 is 0 Å². The highest BCUT2D eigenvalue weighted by Crippen LogP contribution is 2.27. The van der Waals surface area contributed by atoms with E-state index in [1.54, 1.807) is 7.11 Å². The number of rotatable bonds is 9. The summed E-state index contributed by atoms with van der Waals surface area (Å²) < 4.78 is 5.12. The van der Waals surface area contributed by atoms with E-state index in [1.807, 2.05) is 32.1 Å². The quantitative estimate of drug-likeness (QED) is 0.232. The number of nitrogens with zero attached hydrogens (tertiary/aromatic N) is 1. The molecule has 28 heavy (non-hydrogen) atoms. The molecule has 0 radical (unpaired) electrons. The van der Waals surface area contributed by atoms with Gasteiger partial charge in [0.25, 0.3) is 0 Å². The lowest BCUT2D eigenvalue weighted by molar-refractivity contribution is -0.106. The summed E-state index contributed by atoms with van der Waals surface area (Å²) in [6, 6.07) is 0. The van der Waals surface area contributed by atoms with Crippen molar-refractivity contribution in [3.63, 3.8) is 0 Å². The van der Waals surface area contributed by atoms with Crippen LogP contribution in [0.15, 0.2) is 36.1 Å². The number of hydrogen-bond donors (Lipinski definition) is 0. The van der Waals surface area contributed by atoms with Gasteiger partial charge in [0.05, 0.1) is 7.11 Å². The Kier molecular flexibility index (Phi) is 31.3. The Morgan fingerprint density at radius 1 is 1.04 bits per heavy atom. The normalized spacial score (nSPS) is 12.1. The maximum atomic E-state index is 8.81. The second-order valence-electron chi connectivity index (χ2n) is 7.50. The van der Waals surface area contributed by atoms with Crippen LogP contribution >= 0.6 is 0 Å². The molecular weight excluding hydrogens is 346 g/mol. The number of hydrogen-bond acceptors (Lipinski definition) is 3. The summed E-state index contributed by atoms with van der Waals surface area (Å²) in [7, 11) is 7.65. The lowest BCUT2D eigenvalue weighted by atomic mass is 9.87. The van der Waals surface area contributed by atoms with Gasteiger partial charge < -0.3 is 14.4 Å². The Balaban J connectivity index is -0.000000238. The van der Waals surface area contributed by atoms with Gasteiger partial charge in [0, 0.05) is 0 Å². The first kappa shape index (κ1) is 34.2. The van der Waals surface area contributed by atoms with Crippen molar-refractivity contribution in [2.24, 2.45) is 11.8 Å². The topological polar surface area (TPSA) is 29.5 Å². The Morgan fingerprint density at radius 2 is 1.43 bits per heavy atom. The van der Waals surface area contributed by atoms with E-state index in [0.717, 1.165) is 18.6 Å². The molecule has 0 aliphatic heterocycles. The van der Waals surface area contributed by atoms with Crippen LogP contribution < -0.4 is 0 Å². The van der Waals surface area contributed by atoms with Crippen molar-refractivity contribution in [2.45, 2.75) is 80.6 Å². The molecule has 0 fully saturated rings. The lowest BCUT2D eigenvalue weighted by Crippen LogP contribution is -2.04. The zero-order valence-electron chi connectivity index (χ0n) is 21.0. The van der Waals surface area contributed by atoms with Crippen LogP contribution in [0.5, 0.6) is 0 Å². The van der Waals surface area contributed by atoms with Gasteiger partial charge in [-0.25, -0.2) is 0 Å². The maximum absolute atomic E-state index is 8.81. The molecule has 0 saturated heterocycles. The van der Waals surface area contributed by atoms with E-state index in [9.17, 15) is 0 Å². The first-order chi connectivity index (χ1) is 13.0. The SMILES string of the molecule is C=C(/C=C(/CC)C(=C)C(C)CCC(C)CC)OC.CC=O.CCC.CN(C)C. The van der Waals surface area contributed by atoms with Gasteiger partial charge >= 0.3 is 0 Å². The highest BCUT2D eigenvalue weighted by atomic mass is 16.5. The summed E-state index contributed by atoms with van der Waals surface area (Å²) in [6.07, 6.45) is 8.75. The molecule has 2 unspecified atom stereocenters. The predicted molar refractivity (Wildman–Crippen MR) is 129 cm³/mol. The first-order valence-electron chi connectivity index (χ1n) is 10.7. The van der Waals surface area contributed by atoms with Gasteiger partial charge in [-0.2, -0.15) is 0 Å². The summed E-state index contributed by atoms with van der Waals surface area (Å²) >= 11 is 0. The van der Waals surface area contributed by atoms with E-state index in [2.05, 4.69) is 54.7 Å². The fourth-order valence-corrected chi connectivity index (χ4v) is 1.90. The van der Waals surface area contributed by atoms with E-state index in [1.165, 1.54) is 43.8 Å². The maximum Gasteiger partial charge on any atom is 0.116 e. The van der Waals surface area contributed by atoms with Gasteiger partial charge in [0.2, 0.25) is 0 Å². The van der Waals surface area contributed by atoms with Crippen LogP contribution in [-0.4, -0.2) is 39.4 Å². The van der Waals surface area contributed by atoms with Gasteiger partial charge in [0.15, 0.2) is 0 Å². The minimum atomic E-state index is 0.537. The second-order valence-corrected chi connectivity index (χ2v) is 7.50. The molecule has 0 spiro atoms. The Bertz CT molecular complexity index is 395. The highest BCUT2D eigenvalue weighted by molar-refractivity contribution is 5.44. The number of allylic oxidation sites excluding steroid dienone is 3. The molecule has 0 rings (SSSR count). The van der Waals surface area contributed by atoms with Crippen LogP contribution in [0.25, 0.3) is 0 Å². The molecule has 0 amide bonds. The molecule has 0 heterocycles. The molecule has 0 aromatic rings. The molecule has 0 aliphatic carbocycles. The number of ether oxygens (including phenoxy) is 1. The van der Waals surface area contributed by atoms with Gasteiger partial charge in [-0.05, 0) is 70.0 Å². The second kappa shape index (κ2) is 25.6. The highest BCUT2D eigenvalue weighted by Gasteiger charge is 2.12. The number of carbonyl (C=O) groups is 1. The third-order valence-corrected chi connectivity index (χ3v) is 3.78. The zero-order chi connectivity index (χ0) is 23.1. The number of aldehydes is 1. The van der Waals surface area contributed by atoms with Crippen molar-refractivity contribution in [3.8, 4) is 0 Å². The Hall–Kier alpha value is -1.35. The van der Waals surface area contributed by atoms with Crippen molar-refractivity contribution in [1.82, 2.24) is 4.90 Å². The van der Waals surface area contributed by atoms with Crippen LogP contribution in [0.1, 0.15) is 80.6 Å². The lowest BCUT2D eigenvalue weighted by Gasteiger charge is -2.19. The van der Waals surface area contributed by atoms with Crippen LogP contribution in [0, 0.1) is 11.8 Å². The van der Waals surface area contributed by atoms with E-state index in [0.29, 0.717) is 11.7 Å². The fourth-order valence-electron chi connectivity index (χ4n) is 1.90. The molecule has 2 atom stereocenters. The van der Waals surface area contributed by atoms with Gasteiger partial charge in [-0.3, -0.25) is 0 Å². The summed E-state index contributed by atoms with van der Waals surface area (Å²) in [4.78, 5) is 10.8. The summed E-state index contributed by atoms with van der Waals surface area (Å²) in [5, 5.41) is 0. The first-order valence-corrected chi connectivity index (χ1v) is 10.7. The smallest absolute Gasteiger partial charge is 0.116 e. The minimum Gasteiger partial charge on any atom is -0.497 e. The monoisotopic (exact) mass is 397 g/mol. The van der Waals surface area contributed by atoms with Crippen molar-refractivity contribution in [3.05, 3.63) is 36.1 Å². The molecule has 0 N–H and O–H groups in total. The van der Waals surface area contributed by atoms with Crippen LogP contribution in [0.3, 0.4) is 0 Å². The van der Waals surface area contributed by atoms with E-state index >= 15 is 0 Å². The molecule has 0 saturated carbocycles. The Labute approximate surface area is 177 Å². The molecule has 0 aromatic carbocycles. The fraction of sp³-hybridized carbons (Fsp3) is 0.720. The van der Waals surface area contributed by atoms with Crippen LogP contribution in [-0.2, 0) is 9.53 Å². The van der Waals surface area contributed by atoms with Crippen LogP contribution in [0.4, 0.5) is 0 Å². The summed E-state index contributed by atoms with van der Waals surface area (Å²) in [5.74, 6) is 2.06. The molecule has 168 valence electrons. The average Bonchev–Trinajstić information content (AvgIpc) is 2.63. The standard InChI is InChI=1S/C17H30O.C3H9N.C3H8.C2H4O/c1-8-13(3)10-11-14(4)16(6)17(9-2)12-15(5)18-7;1-4(2)3;1-3-2;1-2-3/h12-14H,5-6,8-11H2,1-4,7H3;1-3H3;3H2,1-2H3;2H,1H3/b17-12-;;;. The predicted octanol–water partition coefficient (Wildman–Crippen LogP) is 7.30. The van der Waals surface area contributed by atoms with Gasteiger partial charge in [-0.1, -0.05) is 74.0 Å². The summed E-state index contributed by atoms with van der Waals surface area (Å²) in [6.45, 7) is 22.8. The van der Waals surface area contributed by atoms with E-state index in [-0.39, 0.29) is 0 Å². The van der Waals surface area contributed by atoms with E-state index in [4.69, 9.17) is 9.53 Å². The van der Waals surface area contributed by atoms with Crippen LogP contribution in [0.2, 0.25) is 0 Å². The molecule has 0 bridgehead atoms. The third-order valence-electron chi connectivity index (χ3n) is 3.78. The Morgan fingerprint density at radius 3 is 1.71 bits per heavy atom. The molecule has 0 aliphatic rings. The number of carbonyl (C=O) groups excluding carboxylic acids is 1. The van der Waals surface area contributed by atoms with Crippen molar-refractivity contribution in [1.29, 1.82) is 0 Å². The third kappa shape index (κ3) is 29.4. The number of methoxy groups -OCH3 is 1. The molecule has 0 aromatic heterocycles. The van der Waals surface area contributed by atoms with Crippen molar-refractivity contribution < 1.29 is 9.53 Å². The molecule has 3 heteroatoms. The zero-order valence-corrected chi connectivity index (χ0v) is 21.0. The summed E-state index contributed by atoms with van der Waals surface area (Å²) in [5.41, 5.74) is 2.50. The minimum absolute atomic E-state index is 0.537. The molecular formula is C25H51NO2. The van der Waals surface area contributed by atoms with Gasteiger partial charge in [0.1, 0.15) is 12.0 Å². The van der Waals surface area contributed by atoms with Crippen molar-refractivity contribution in [2.75, 3.05) is 28.3 Å². The largest absolute Gasteiger partial charge is 0.497 e. The van der Waals surface area contributed by atoms with Crippen molar-refractivity contribution >= 4 is 6.29 Å². The average molecular weight is 398 g/mol. The molecule has 3 nitrogen and oxygen atoms in total.